The first-order chi connectivity index (χ1) is 10.7. The summed E-state index contributed by atoms with van der Waals surface area (Å²) < 4.78 is 13.2. The van der Waals surface area contributed by atoms with E-state index >= 15 is 0 Å². The molecule has 0 atom stereocenters. The van der Waals surface area contributed by atoms with Crippen molar-refractivity contribution >= 4 is 17.7 Å². The topological polar surface area (TPSA) is 62.2 Å². The molecule has 2 aromatic rings. The first-order valence-electron chi connectivity index (χ1n) is 6.80. The molecular weight excluding hydrogens is 303 g/mol. The van der Waals surface area contributed by atoms with Crippen LogP contribution in [0.2, 0.25) is 0 Å². The molecule has 6 heteroatoms. The molecule has 1 amide bonds. The summed E-state index contributed by atoms with van der Waals surface area (Å²) >= 11 is 1.51. The number of nitrogens with zero attached hydrogens (tertiary/aromatic N) is 1. The lowest BCUT2D eigenvalue weighted by Crippen LogP contribution is -2.24. The van der Waals surface area contributed by atoms with Gasteiger partial charge in [-0.3, -0.25) is 9.78 Å². The number of amides is 1. The number of thioether (sulfide) groups is 1. The third-order valence-electron chi connectivity index (χ3n) is 2.99. The van der Waals surface area contributed by atoms with Gasteiger partial charge in [0.2, 0.25) is 5.91 Å². The number of hydrogen-bond acceptors (Lipinski definition) is 4. The van der Waals surface area contributed by atoms with Crippen LogP contribution in [-0.4, -0.2) is 21.8 Å². The highest BCUT2D eigenvalue weighted by Crippen LogP contribution is 2.12. The van der Waals surface area contributed by atoms with Crippen molar-refractivity contribution in [3.8, 4) is 0 Å². The van der Waals surface area contributed by atoms with Crippen molar-refractivity contribution in [3.05, 3.63) is 65.2 Å². The second-order valence-corrected chi connectivity index (χ2v) is 5.70. The van der Waals surface area contributed by atoms with Gasteiger partial charge in [0, 0.05) is 30.3 Å². The molecule has 1 aromatic carbocycles. The quantitative estimate of drug-likeness (QED) is 0.821. The van der Waals surface area contributed by atoms with Gasteiger partial charge in [-0.05, 0) is 29.3 Å². The molecule has 2 rings (SSSR count). The van der Waals surface area contributed by atoms with E-state index in [1.807, 2.05) is 12.1 Å². The third-order valence-corrected chi connectivity index (χ3v) is 4.00. The van der Waals surface area contributed by atoms with Gasteiger partial charge in [0.1, 0.15) is 5.82 Å². The fourth-order valence-electron chi connectivity index (χ4n) is 1.86. The van der Waals surface area contributed by atoms with Crippen molar-refractivity contribution < 1.29 is 14.3 Å². The molecule has 1 aromatic heterocycles. The predicted octanol–water partition coefficient (Wildman–Crippen LogP) is 2.26. The van der Waals surface area contributed by atoms with Gasteiger partial charge in [0.05, 0.1) is 12.4 Å². The van der Waals surface area contributed by atoms with Gasteiger partial charge in [-0.1, -0.05) is 12.1 Å². The average molecular weight is 320 g/mol. The lowest BCUT2D eigenvalue weighted by atomic mass is 10.1. The van der Waals surface area contributed by atoms with Gasteiger partial charge in [-0.25, -0.2) is 4.39 Å². The summed E-state index contributed by atoms with van der Waals surface area (Å²) in [5.74, 6) is 0.559. The van der Waals surface area contributed by atoms with Crippen molar-refractivity contribution in [1.29, 1.82) is 0 Å². The molecule has 0 saturated carbocycles. The number of aliphatic hydroxyl groups is 1. The van der Waals surface area contributed by atoms with Gasteiger partial charge in [0.25, 0.3) is 0 Å². The van der Waals surface area contributed by atoms with Gasteiger partial charge in [-0.2, -0.15) is 0 Å². The lowest BCUT2D eigenvalue weighted by molar-refractivity contribution is -0.118. The molecule has 22 heavy (non-hydrogen) atoms. The van der Waals surface area contributed by atoms with Crippen molar-refractivity contribution in [2.75, 3.05) is 5.75 Å². The van der Waals surface area contributed by atoms with Crippen LogP contribution < -0.4 is 5.32 Å². The molecule has 2 N–H and O–H groups in total. The molecule has 0 saturated heterocycles. The minimum atomic E-state index is -0.440. The summed E-state index contributed by atoms with van der Waals surface area (Å²) in [5.41, 5.74) is 2.07. The number of benzene rings is 1. The number of nitrogens with one attached hydrogen (secondary N) is 1. The highest BCUT2D eigenvalue weighted by atomic mass is 32.2. The monoisotopic (exact) mass is 320 g/mol. The van der Waals surface area contributed by atoms with Crippen molar-refractivity contribution in [2.24, 2.45) is 0 Å². The normalized spacial score (nSPS) is 10.5. The number of aromatic nitrogens is 1. The SMILES string of the molecule is O=C(CSCc1cccnc1)NCc1ccc(F)c(CO)c1. The number of halogens is 1. The number of hydrogen-bond donors (Lipinski definition) is 2. The van der Waals surface area contributed by atoms with E-state index < -0.39 is 5.82 Å². The van der Waals surface area contributed by atoms with Crippen LogP contribution in [0.4, 0.5) is 4.39 Å². The summed E-state index contributed by atoms with van der Waals surface area (Å²) in [7, 11) is 0. The zero-order chi connectivity index (χ0) is 15.8. The molecule has 0 fully saturated rings. The van der Waals surface area contributed by atoms with E-state index in [9.17, 15) is 9.18 Å². The van der Waals surface area contributed by atoms with E-state index in [1.165, 1.54) is 17.8 Å². The predicted molar refractivity (Wildman–Crippen MR) is 84.6 cm³/mol. The van der Waals surface area contributed by atoms with Gasteiger partial charge < -0.3 is 10.4 Å². The minimum Gasteiger partial charge on any atom is -0.392 e. The number of carbonyl (C=O) groups excluding carboxylic acids is 1. The highest BCUT2D eigenvalue weighted by Gasteiger charge is 2.05. The Labute approximate surface area is 132 Å². The minimum absolute atomic E-state index is 0.0798. The number of pyridine rings is 1. The third kappa shape index (κ3) is 5.13. The smallest absolute Gasteiger partial charge is 0.230 e. The molecular formula is C16H17FN2O2S. The number of carbonyl (C=O) groups is 1. The summed E-state index contributed by atoms with van der Waals surface area (Å²) in [5, 5.41) is 11.8. The maximum Gasteiger partial charge on any atom is 0.230 e. The van der Waals surface area contributed by atoms with Crippen LogP contribution in [0.5, 0.6) is 0 Å². The highest BCUT2D eigenvalue weighted by molar-refractivity contribution is 7.99. The molecule has 0 bridgehead atoms. The van der Waals surface area contributed by atoms with Crippen molar-refractivity contribution in [1.82, 2.24) is 10.3 Å². The average Bonchev–Trinajstić information content (AvgIpc) is 2.55. The van der Waals surface area contributed by atoms with E-state index in [0.29, 0.717) is 12.3 Å². The summed E-state index contributed by atoms with van der Waals surface area (Å²) in [6.45, 7) is -0.0336. The molecule has 0 unspecified atom stereocenters. The van der Waals surface area contributed by atoms with Crippen LogP contribution in [0.15, 0.2) is 42.7 Å². The molecule has 0 radical (unpaired) electrons. The first kappa shape index (κ1) is 16.5. The Balaban J connectivity index is 1.73. The van der Waals surface area contributed by atoms with Crippen LogP contribution in [0.25, 0.3) is 0 Å². The Hall–Kier alpha value is -1.92. The number of aliphatic hydroxyl groups excluding tert-OH is 1. The second-order valence-electron chi connectivity index (χ2n) is 4.71. The summed E-state index contributed by atoms with van der Waals surface area (Å²) in [4.78, 5) is 15.8. The van der Waals surface area contributed by atoms with Crippen LogP contribution >= 0.6 is 11.8 Å². The zero-order valence-electron chi connectivity index (χ0n) is 12.0. The lowest BCUT2D eigenvalue weighted by Gasteiger charge is -2.07. The molecule has 0 aliphatic carbocycles. The fraction of sp³-hybridized carbons (Fsp3) is 0.250. The summed E-state index contributed by atoms with van der Waals surface area (Å²) in [6.07, 6.45) is 3.49. The molecule has 0 spiro atoms. The first-order valence-corrected chi connectivity index (χ1v) is 7.96. The van der Waals surface area contributed by atoms with E-state index in [2.05, 4.69) is 10.3 Å². The van der Waals surface area contributed by atoms with Crippen molar-refractivity contribution in [2.45, 2.75) is 18.9 Å². The van der Waals surface area contributed by atoms with E-state index in [4.69, 9.17) is 5.11 Å². The largest absolute Gasteiger partial charge is 0.392 e. The van der Waals surface area contributed by atoms with E-state index in [-0.39, 0.29) is 18.1 Å². The van der Waals surface area contributed by atoms with E-state index in [0.717, 1.165) is 16.9 Å². The van der Waals surface area contributed by atoms with Gasteiger partial charge in [0.15, 0.2) is 0 Å². The standard InChI is InChI=1S/C16H17FN2O2S/c17-15-4-3-12(6-14(15)9-20)8-19-16(21)11-22-10-13-2-1-5-18-7-13/h1-7,20H,8-11H2,(H,19,21). The molecule has 4 nitrogen and oxygen atoms in total. The maximum absolute atomic E-state index is 13.2. The summed E-state index contributed by atoms with van der Waals surface area (Å²) in [6, 6.07) is 8.27. The van der Waals surface area contributed by atoms with Crippen LogP contribution in [-0.2, 0) is 23.7 Å². The van der Waals surface area contributed by atoms with Gasteiger partial charge in [-0.15, -0.1) is 11.8 Å². The Bertz CT molecular complexity index is 623. The molecule has 0 aliphatic heterocycles. The zero-order valence-corrected chi connectivity index (χ0v) is 12.8. The fourth-order valence-corrected chi connectivity index (χ4v) is 2.65. The Morgan fingerprint density at radius 2 is 2.18 bits per heavy atom. The van der Waals surface area contributed by atoms with E-state index in [1.54, 1.807) is 24.5 Å². The Morgan fingerprint density at radius 3 is 2.91 bits per heavy atom. The number of rotatable bonds is 7. The second kappa shape index (κ2) is 8.51. The van der Waals surface area contributed by atoms with Crippen LogP contribution in [0.1, 0.15) is 16.7 Å². The molecule has 116 valence electrons. The van der Waals surface area contributed by atoms with Gasteiger partial charge >= 0.3 is 0 Å². The Kier molecular flexibility index (Phi) is 6.36. The van der Waals surface area contributed by atoms with Crippen molar-refractivity contribution in [3.63, 3.8) is 0 Å². The van der Waals surface area contributed by atoms with Crippen LogP contribution in [0.3, 0.4) is 0 Å². The molecule has 1 heterocycles. The maximum atomic E-state index is 13.2. The van der Waals surface area contributed by atoms with Crippen LogP contribution in [0, 0.1) is 5.82 Å². The molecule has 0 aliphatic rings. The Morgan fingerprint density at radius 1 is 1.32 bits per heavy atom.